The summed E-state index contributed by atoms with van der Waals surface area (Å²) >= 11 is 0. The second-order valence-electron chi connectivity index (χ2n) is 8.55. The lowest BCUT2D eigenvalue weighted by Gasteiger charge is -2.27. The summed E-state index contributed by atoms with van der Waals surface area (Å²) in [5.74, 6) is -1.65. The number of carboxylic acids is 1. The Morgan fingerprint density at radius 1 is 1.06 bits per heavy atom. The Hall–Kier alpha value is -3.65. The zero-order valence-electron chi connectivity index (χ0n) is 18.2. The van der Waals surface area contributed by atoms with Crippen LogP contribution in [0.1, 0.15) is 54.1 Å². The maximum atomic E-state index is 13.0. The molecule has 1 amide bonds. The van der Waals surface area contributed by atoms with Crippen LogP contribution in [0.15, 0.2) is 65.6 Å². The molecule has 0 radical (unpaired) electrons. The molecule has 8 nitrogen and oxygen atoms in total. The van der Waals surface area contributed by atoms with Crippen molar-refractivity contribution in [3.63, 3.8) is 0 Å². The van der Waals surface area contributed by atoms with Gasteiger partial charge in [0.05, 0.1) is 18.0 Å². The highest BCUT2D eigenvalue weighted by Gasteiger charge is 2.21. The maximum absolute atomic E-state index is 13.0. The van der Waals surface area contributed by atoms with Crippen LogP contribution in [0.4, 0.5) is 5.69 Å². The number of nitrogens with two attached hydrogens (primary N) is 1. The molecule has 1 aromatic carbocycles. The van der Waals surface area contributed by atoms with Gasteiger partial charge >= 0.3 is 5.97 Å². The number of aromatic nitrogens is 1. The van der Waals surface area contributed by atoms with Crippen molar-refractivity contribution in [3.8, 4) is 0 Å². The molecule has 1 unspecified atom stereocenters. The number of benzene rings is 1. The zero-order chi connectivity index (χ0) is 23.4. The molecule has 1 saturated carbocycles. The van der Waals surface area contributed by atoms with Crippen LogP contribution < -0.4 is 21.9 Å². The van der Waals surface area contributed by atoms with Crippen LogP contribution in [0.2, 0.25) is 0 Å². The van der Waals surface area contributed by atoms with Crippen LogP contribution in [-0.4, -0.2) is 33.5 Å². The van der Waals surface area contributed by atoms with Crippen LogP contribution in [0.3, 0.4) is 0 Å². The van der Waals surface area contributed by atoms with E-state index in [-0.39, 0.29) is 18.0 Å². The number of hydrogen-bond donors (Lipinski definition) is 4. The zero-order valence-corrected chi connectivity index (χ0v) is 18.2. The Balaban J connectivity index is 1.53. The van der Waals surface area contributed by atoms with E-state index in [2.05, 4.69) is 10.6 Å². The minimum Gasteiger partial charge on any atom is -0.481 e. The van der Waals surface area contributed by atoms with Crippen molar-refractivity contribution in [1.82, 2.24) is 9.72 Å². The average molecular weight is 449 g/mol. The average Bonchev–Trinajstić information content (AvgIpc) is 2.80. The second-order valence-corrected chi connectivity index (χ2v) is 8.55. The number of hydrogen-bond acceptors (Lipinski definition) is 5. The summed E-state index contributed by atoms with van der Waals surface area (Å²) in [7, 11) is 0. The molecule has 172 valence electrons. The van der Waals surface area contributed by atoms with Gasteiger partial charge in [0.1, 0.15) is 5.56 Å². The molecule has 1 aliphatic carbocycles. The van der Waals surface area contributed by atoms with Crippen LogP contribution in [0.5, 0.6) is 0 Å². The molecule has 4 rings (SSSR count). The summed E-state index contributed by atoms with van der Waals surface area (Å²) in [4.78, 5) is 37.2. The van der Waals surface area contributed by atoms with Gasteiger partial charge in [-0.3, -0.25) is 18.8 Å². The minimum atomic E-state index is -1.04. The molecule has 2 heterocycles. The predicted molar refractivity (Wildman–Crippen MR) is 126 cm³/mol. The van der Waals surface area contributed by atoms with E-state index in [1.807, 2.05) is 18.2 Å². The number of fused-ring (bicyclic) bond motifs is 1. The van der Waals surface area contributed by atoms with E-state index in [1.165, 1.54) is 10.5 Å². The summed E-state index contributed by atoms with van der Waals surface area (Å²) in [5.41, 5.74) is 7.72. The Morgan fingerprint density at radius 3 is 2.48 bits per heavy atom. The van der Waals surface area contributed by atoms with E-state index in [4.69, 9.17) is 5.73 Å². The highest BCUT2D eigenvalue weighted by Crippen LogP contribution is 2.22. The third-order valence-electron chi connectivity index (χ3n) is 6.13. The van der Waals surface area contributed by atoms with E-state index in [0.717, 1.165) is 31.4 Å². The molecule has 3 aromatic rings. The SMILES string of the molecule is NC1CCC(Nc2ccn3c(=O)c(C(=O)NC(CC(=O)O)c4ccccc4)ccc3c2)CC1. The van der Waals surface area contributed by atoms with Gasteiger partial charge in [0.2, 0.25) is 0 Å². The fourth-order valence-electron chi connectivity index (χ4n) is 4.31. The first-order chi connectivity index (χ1) is 15.9. The van der Waals surface area contributed by atoms with Gasteiger partial charge in [-0.05, 0) is 55.5 Å². The molecular weight excluding hydrogens is 420 g/mol. The van der Waals surface area contributed by atoms with Gasteiger partial charge in [-0.2, -0.15) is 0 Å². The molecule has 0 spiro atoms. The predicted octanol–water partition coefficient (Wildman–Crippen LogP) is 2.93. The Kier molecular flexibility index (Phi) is 6.74. The second kappa shape index (κ2) is 9.87. The molecule has 1 aliphatic rings. The molecule has 0 saturated heterocycles. The quantitative estimate of drug-likeness (QED) is 0.440. The van der Waals surface area contributed by atoms with Crippen LogP contribution in [0.25, 0.3) is 5.52 Å². The van der Waals surface area contributed by atoms with Gasteiger partial charge in [0, 0.05) is 24.0 Å². The van der Waals surface area contributed by atoms with Crippen LogP contribution in [-0.2, 0) is 4.79 Å². The first kappa shape index (κ1) is 22.5. The number of rotatable bonds is 7. The molecule has 1 fully saturated rings. The number of carboxylic acid groups (broad SMARTS) is 1. The topological polar surface area (TPSA) is 126 Å². The van der Waals surface area contributed by atoms with E-state index in [1.54, 1.807) is 36.5 Å². The van der Waals surface area contributed by atoms with Crippen molar-refractivity contribution < 1.29 is 14.7 Å². The molecule has 0 aliphatic heterocycles. The first-order valence-corrected chi connectivity index (χ1v) is 11.2. The van der Waals surface area contributed by atoms with E-state index >= 15 is 0 Å². The van der Waals surface area contributed by atoms with Crippen LogP contribution >= 0.6 is 0 Å². The molecule has 0 bridgehead atoms. The number of carbonyl (C=O) groups is 2. The van der Waals surface area contributed by atoms with Gasteiger partial charge in [0.15, 0.2) is 0 Å². The fraction of sp³-hybridized carbons (Fsp3) is 0.320. The Morgan fingerprint density at radius 2 is 1.79 bits per heavy atom. The third-order valence-corrected chi connectivity index (χ3v) is 6.13. The van der Waals surface area contributed by atoms with Gasteiger partial charge in [-0.15, -0.1) is 0 Å². The largest absolute Gasteiger partial charge is 0.481 e. The van der Waals surface area contributed by atoms with Gasteiger partial charge in [0.25, 0.3) is 11.5 Å². The summed E-state index contributed by atoms with van der Waals surface area (Å²) in [6, 6.07) is 15.6. The van der Waals surface area contributed by atoms with Crippen molar-refractivity contribution in [1.29, 1.82) is 0 Å². The maximum Gasteiger partial charge on any atom is 0.305 e. The van der Waals surface area contributed by atoms with Crippen molar-refractivity contribution in [2.24, 2.45) is 5.73 Å². The minimum absolute atomic E-state index is 0.0409. The number of anilines is 1. The molecule has 1 atom stereocenters. The summed E-state index contributed by atoms with van der Waals surface area (Å²) < 4.78 is 1.42. The van der Waals surface area contributed by atoms with Gasteiger partial charge in [-0.25, -0.2) is 0 Å². The molecule has 33 heavy (non-hydrogen) atoms. The lowest BCUT2D eigenvalue weighted by molar-refractivity contribution is -0.137. The Bertz CT molecular complexity index is 1200. The van der Waals surface area contributed by atoms with Crippen molar-refractivity contribution in [2.75, 3.05) is 5.32 Å². The van der Waals surface area contributed by atoms with Crippen LogP contribution in [0, 0.1) is 0 Å². The lowest BCUT2D eigenvalue weighted by Crippen LogP contribution is -2.34. The normalized spacial score (nSPS) is 19.1. The number of carbonyl (C=O) groups excluding carboxylic acids is 1. The van der Waals surface area contributed by atoms with Crippen molar-refractivity contribution in [2.45, 2.75) is 50.2 Å². The monoisotopic (exact) mass is 448 g/mol. The van der Waals surface area contributed by atoms with Crippen molar-refractivity contribution >= 4 is 23.1 Å². The number of amides is 1. The van der Waals surface area contributed by atoms with Crippen molar-refractivity contribution in [3.05, 3.63) is 82.3 Å². The lowest BCUT2D eigenvalue weighted by atomic mass is 9.92. The fourth-order valence-corrected chi connectivity index (χ4v) is 4.31. The summed E-state index contributed by atoms with van der Waals surface area (Å²) in [5, 5.41) is 15.5. The third kappa shape index (κ3) is 5.40. The smallest absolute Gasteiger partial charge is 0.305 e. The van der Waals surface area contributed by atoms with E-state index in [9.17, 15) is 19.5 Å². The first-order valence-electron chi connectivity index (χ1n) is 11.2. The Labute approximate surface area is 191 Å². The number of pyridine rings is 2. The highest BCUT2D eigenvalue weighted by molar-refractivity contribution is 5.94. The molecule has 8 heteroatoms. The van der Waals surface area contributed by atoms with E-state index in [0.29, 0.717) is 17.1 Å². The summed E-state index contributed by atoms with van der Waals surface area (Å²) in [6.07, 6.45) is 5.38. The number of aliphatic carboxylic acids is 1. The number of nitrogens with zero attached hydrogens (tertiary/aromatic N) is 1. The molecular formula is C25H28N4O4. The number of nitrogens with one attached hydrogen (secondary N) is 2. The molecule has 5 N–H and O–H groups in total. The highest BCUT2D eigenvalue weighted by atomic mass is 16.4. The van der Waals surface area contributed by atoms with Gasteiger partial charge < -0.3 is 21.5 Å². The van der Waals surface area contributed by atoms with Gasteiger partial charge in [-0.1, -0.05) is 30.3 Å². The van der Waals surface area contributed by atoms with E-state index < -0.39 is 23.5 Å². The summed E-state index contributed by atoms with van der Waals surface area (Å²) in [6.45, 7) is 0. The molecule has 2 aromatic heterocycles. The standard InChI is InChI=1S/C25H28N4O4/c26-17-6-8-18(9-7-17)27-19-12-13-29-20(14-19)10-11-21(25(29)33)24(32)28-22(15-23(30)31)16-4-2-1-3-5-16/h1-5,10-14,17-18,22,27H,6-9,15,26H2,(H,28,32)(H,30,31).